The number of hydrogen-bond donors (Lipinski definition) is 1. The molecule has 4 fully saturated rings. The van der Waals surface area contributed by atoms with Gasteiger partial charge in [-0.15, -0.1) is 0 Å². The molecule has 1 N–H and O–H groups in total. The zero-order valence-corrected chi connectivity index (χ0v) is 17.8. The molecule has 5 nitrogen and oxygen atoms in total. The molecule has 0 radical (unpaired) electrons. The molecule has 0 unspecified atom stereocenters. The van der Waals surface area contributed by atoms with Crippen LogP contribution in [0.25, 0.3) is 0 Å². The Balaban J connectivity index is 1.46. The number of carbonyl (C=O) groups is 1. The van der Waals surface area contributed by atoms with E-state index in [1.807, 2.05) is 13.8 Å². The average molecular weight is 405 g/mol. The molecule has 0 spiro atoms. The van der Waals surface area contributed by atoms with E-state index in [0.717, 1.165) is 17.8 Å². The number of rotatable bonds is 7. The Morgan fingerprint density at radius 1 is 1.07 bits per heavy atom. The van der Waals surface area contributed by atoms with E-state index in [0.29, 0.717) is 25.2 Å². The fraction of sp³-hybridized carbons (Fsp3) is 0.682. The second kappa shape index (κ2) is 7.45. The van der Waals surface area contributed by atoms with Crippen LogP contribution in [-0.2, 0) is 14.8 Å². The second-order valence-electron chi connectivity index (χ2n) is 9.26. The summed E-state index contributed by atoms with van der Waals surface area (Å²) in [6.07, 6.45) is 8.27. The van der Waals surface area contributed by atoms with Gasteiger partial charge in [-0.3, -0.25) is 4.79 Å². The summed E-state index contributed by atoms with van der Waals surface area (Å²) in [6.45, 7) is 4.53. The first kappa shape index (κ1) is 19.9. The van der Waals surface area contributed by atoms with E-state index in [1.54, 1.807) is 24.3 Å². The fourth-order valence-electron chi connectivity index (χ4n) is 6.50. The van der Waals surface area contributed by atoms with Gasteiger partial charge in [0, 0.05) is 25.2 Å². The predicted octanol–water partition coefficient (Wildman–Crippen LogP) is 4.26. The van der Waals surface area contributed by atoms with Gasteiger partial charge in [0.2, 0.25) is 15.9 Å². The van der Waals surface area contributed by atoms with Crippen LogP contribution in [-0.4, -0.2) is 31.7 Å². The number of hydrogen-bond acceptors (Lipinski definition) is 3. The molecule has 1 aromatic rings. The molecule has 0 saturated heterocycles. The molecule has 28 heavy (non-hydrogen) atoms. The first-order chi connectivity index (χ1) is 13.3. The summed E-state index contributed by atoms with van der Waals surface area (Å²) in [7, 11) is -3.52. The summed E-state index contributed by atoms with van der Waals surface area (Å²) < 4.78 is 26.9. The van der Waals surface area contributed by atoms with Crippen LogP contribution in [0.4, 0.5) is 5.69 Å². The van der Waals surface area contributed by atoms with Gasteiger partial charge in [0.15, 0.2) is 0 Å². The Morgan fingerprint density at radius 2 is 1.64 bits per heavy atom. The Kier molecular flexibility index (Phi) is 5.29. The van der Waals surface area contributed by atoms with Crippen molar-refractivity contribution in [3.63, 3.8) is 0 Å². The van der Waals surface area contributed by atoms with E-state index < -0.39 is 10.0 Å². The molecule has 0 aliphatic heterocycles. The summed E-state index contributed by atoms with van der Waals surface area (Å²) >= 11 is 0. The van der Waals surface area contributed by atoms with Gasteiger partial charge in [-0.1, -0.05) is 19.9 Å². The van der Waals surface area contributed by atoms with Gasteiger partial charge in [0.25, 0.3) is 0 Å². The molecule has 4 saturated carbocycles. The van der Waals surface area contributed by atoms with E-state index in [-0.39, 0.29) is 16.2 Å². The van der Waals surface area contributed by atoms with Crippen molar-refractivity contribution in [3.8, 4) is 0 Å². The lowest BCUT2D eigenvalue weighted by Crippen LogP contribution is -2.47. The Bertz CT molecular complexity index is 810. The van der Waals surface area contributed by atoms with Gasteiger partial charge >= 0.3 is 0 Å². The van der Waals surface area contributed by atoms with E-state index in [4.69, 9.17) is 0 Å². The van der Waals surface area contributed by atoms with Crippen molar-refractivity contribution in [1.82, 2.24) is 4.31 Å². The van der Waals surface area contributed by atoms with Crippen LogP contribution in [0.2, 0.25) is 0 Å². The van der Waals surface area contributed by atoms with Crippen molar-refractivity contribution in [3.05, 3.63) is 24.3 Å². The molecule has 1 amide bonds. The minimum atomic E-state index is -3.52. The van der Waals surface area contributed by atoms with Crippen LogP contribution >= 0.6 is 0 Å². The SMILES string of the molecule is CCN(CC)S(=O)(=O)c1cccc(NC(=O)CC23CC4CC(CC(C4)C2)C3)c1. The highest BCUT2D eigenvalue weighted by molar-refractivity contribution is 7.89. The number of sulfonamides is 1. The summed E-state index contributed by atoms with van der Waals surface area (Å²) in [5.74, 6) is 2.49. The van der Waals surface area contributed by atoms with E-state index in [9.17, 15) is 13.2 Å². The van der Waals surface area contributed by atoms with Crippen LogP contribution in [0.5, 0.6) is 0 Å². The molecular weight excluding hydrogens is 372 g/mol. The van der Waals surface area contributed by atoms with Crippen molar-refractivity contribution >= 4 is 21.6 Å². The normalized spacial score (nSPS) is 31.3. The number of nitrogens with one attached hydrogen (secondary N) is 1. The zero-order valence-electron chi connectivity index (χ0n) is 17.0. The molecular formula is C22H32N2O3S. The van der Waals surface area contributed by atoms with Gasteiger partial charge in [-0.05, 0) is 79.9 Å². The largest absolute Gasteiger partial charge is 0.326 e. The molecule has 154 valence electrons. The van der Waals surface area contributed by atoms with Crippen molar-refractivity contribution in [2.45, 2.75) is 63.7 Å². The third-order valence-corrected chi connectivity index (χ3v) is 9.21. The minimum absolute atomic E-state index is 0.0272. The highest BCUT2D eigenvalue weighted by atomic mass is 32.2. The maximum Gasteiger partial charge on any atom is 0.243 e. The highest BCUT2D eigenvalue weighted by Gasteiger charge is 2.51. The smallest absolute Gasteiger partial charge is 0.243 e. The summed E-state index contributed by atoms with van der Waals surface area (Å²) in [5.41, 5.74) is 0.756. The first-order valence-electron chi connectivity index (χ1n) is 10.7. The second-order valence-corrected chi connectivity index (χ2v) is 11.2. The van der Waals surface area contributed by atoms with E-state index in [1.165, 1.54) is 42.8 Å². The molecule has 0 atom stereocenters. The monoisotopic (exact) mass is 404 g/mol. The van der Waals surface area contributed by atoms with Crippen LogP contribution in [0.3, 0.4) is 0 Å². The Morgan fingerprint density at radius 3 is 2.18 bits per heavy atom. The highest BCUT2D eigenvalue weighted by Crippen LogP contribution is 2.61. The summed E-state index contributed by atoms with van der Waals surface area (Å²) in [4.78, 5) is 13.1. The molecule has 4 aliphatic rings. The van der Waals surface area contributed by atoms with Gasteiger partial charge < -0.3 is 5.32 Å². The standard InChI is InChI=1S/C22H32N2O3S/c1-3-24(4-2)28(26,27)20-7-5-6-19(11-20)23-21(25)15-22-12-16-8-17(13-22)10-18(9-16)14-22/h5-7,11,16-18H,3-4,8-10,12-15H2,1-2H3,(H,23,25). The van der Waals surface area contributed by atoms with Gasteiger partial charge in [-0.25, -0.2) is 8.42 Å². The summed E-state index contributed by atoms with van der Waals surface area (Å²) in [6, 6.07) is 6.67. The lowest BCUT2D eigenvalue weighted by Gasteiger charge is -2.56. The van der Waals surface area contributed by atoms with Crippen LogP contribution < -0.4 is 5.32 Å². The molecule has 6 heteroatoms. The third-order valence-electron chi connectivity index (χ3n) is 7.16. The van der Waals surface area contributed by atoms with Gasteiger partial charge in [0.05, 0.1) is 4.90 Å². The number of benzene rings is 1. The molecule has 4 aliphatic carbocycles. The Labute approximate surface area is 168 Å². The van der Waals surface area contributed by atoms with Crippen LogP contribution in [0, 0.1) is 23.2 Å². The van der Waals surface area contributed by atoms with Crippen molar-refractivity contribution in [2.24, 2.45) is 23.2 Å². The minimum Gasteiger partial charge on any atom is -0.326 e. The molecule has 1 aromatic carbocycles. The van der Waals surface area contributed by atoms with Crippen molar-refractivity contribution in [1.29, 1.82) is 0 Å². The topological polar surface area (TPSA) is 66.5 Å². The average Bonchev–Trinajstić information content (AvgIpc) is 2.61. The van der Waals surface area contributed by atoms with Gasteiger partial charge in [0.1, 0.15) is 0 Å². The number of anilines is 1. The van der Waals surface area contributed by atoms with Gasteiger partial charge in [-0.2, -0.15) is 4.31 Å². The molecule has 4 bridgehead atoms. The van der Waals surface area contributed by atoms with Crippen molar-refractivity contribution in [2.75, 3.05) is 18.4 Å². The quantitative estimate of drug-likeness (QED) is 0.738. The molecule has 0 aromatic heterocycles. The van der Waals surface area contributed by atoms with E-state index >= 15 is 0 Å². The maximum absolute atomic E-state index is 12.8. The van der Waals surface area contributed by atoms with E-state index in [2.05, 4.69) is 5.32 Å². The fourth-order valence-corrected chi connectivity index (χ4v) is 8.00. The maximum atomic E-state index is 12.8. The number of amides is 1. The van der Waals surface area contributed by atoms with Crippen molar-refractivity contribution < 1.29 is 13.2 Å². The lowest BCUT2D eigenvalue weighted by molar-refractivity contribution is -0.124. The third kappa shape index (κ3) is 3.73. The summed E-state index contributed by atoms with van der Waals surface area (Å²) in [5, 5.41) is 2.98. The first-order valence-corrected chi connectivity index (χ1v) is 12.2. The number of carbonyl (C=O) groups excluding carboxylic acids is 1. The molecule has 0 heterocycles. The zero-order chi connectivity index (χ0) is 19.9. The number of nitrogens with zero attached hydrogens (tertiary/aromatic N) is 1. The Hall–Kier alpha value is -1.40. The van der Waals surface area contributed by atoms with Crippen LogP contribution in [0.1, 0.15) is 58.8 Å². The van der Waals surface area contributed by atoms with Crippen LogP contribution in [0.15, 0.2) is 29.2 Å². The predicted molar refractivity (Wildman–Crippen MR) is 110 cm³/mol. The lowest BCUT2D eigenvalue weighted by atomic mass is 9.49. The molecule has 5 rings (SSSR count).